The molecule has 1 aromatic carbocycles. The lowest BCUT2D eigenvalue weighted by Gasteiger charge is -2.07. The fourth-order valence-electron chi connectivity index (χ4n) is 2.49. The number of hydrogen-bond donors (Lipinski definition) is 0. The molecule has 0 bridgehead atoms. The molecule has 4 rings (SSSR count). The number of pyridine rings is 1. The third kappa shape index (κ3) is 2.99. The summed E-state index contributed by atoms with van der Waals surface area (Å²) >= 11 is 0. The molecule has 3 heterocycles. The molecule has 0 amide bonds. The highest BCUT2D eigenvalue weighted by atomic mass is 16.6. The zero-order valence-electron chi connectivity index (χ0n) is 13.9. The van der Waals surface area contributed by atoms with Crippen LogP contribution in [0.5, 0.6) is 11.6 Å². The van der Waals surface area contributed by atoms with E-state index in [1.54, 1.807) is 49.4 Å². The predicted molar refractivity (Wildman–Crippen MR) is 92.7 cm³/mol. The first-order valence-electron chi connectivity index (χ1n) is 7.77. The van der Waals surface area contributed by atoms with Gasteiger partial charge in [0.15, 0.2) is 0 Å². The number of rotatable bonds is 4. The molecule has 4 aromatic rings. The maximum Gasteiger partial charge on any atom is 0.396 e. The molecule has 0 saturated heterocycles. The average molecular weight is 365 g/mol. The second-order valence-corrected chi connectivity index (χ2v) is 5.52. The van der Waals surface area contributed by atoms with E-state index >= 15 is 0 Å². The Labute approximate surface area is 150 Å². The van der Waals surface area contributed by atoms with E-state index in [9.17, 15) is 14.9 Å². The van der Waals surface area contributed by atoms with Gasteiger partial charge in [-0.05, 0) is 36.4 Å². The molecular weight excluding hydrogens is 354 g/mol. The van der Waals surface area contributed by atoms with E-state index < -0.39 is 16.2 Å². The number of hydrogen-bond acceptors (Lipinski definition) is 8. The van der Waals surface area contributed by atoms with Crippen molar-refractivity contribution in [3.63, 3.8) is 0 Å². The van der Waals surface area contributed by atoms with E-state index in [1.165, 1.54) is 6.20 Å². The van der Waals surface area contributed by atoms with Gasteiger partial charge in [0.25, 0.3) is 0 Å². The second-order valence-electron chi connectivity index (χ2n) is 5.52. The Morgan fingerprint density at radius 3 is 2.59 bits per heavy atom. The van der Waals surface area contributed by atoms with Gasteiger partial charge in [0.05, 0.1) is 4.92 Å². The SMILES string of the molecule is Cc1nc(-c2ccc(Oc3nc4ccccn4c(=O)c3[N+](=O)[O-])cc2)no1. The minimum Gasteiger partial charge on any atom is -0.433 e. The number of aromatic nitrogens is 4. The Kier molecular flexibility index (Phi) is 3.84. The molecule has 3 aromatic heterocycles. The van der Waals surface area contributed by atoms with Gasteiger partial charge >= 0.3 is 17.1 Å². The van der Waals surface area contributed by atoms with E-state index in [4.69, 9.17) is 9.26 Å². The van der Waals surface area contributed by atoms with Gasteiger partial charge in [-0.15, -0.1) is 0 Å². The maximum atomic E-state index is 12.4. The molecule has 27 heavy (non-hydrogen) atoms. The van der Waals surface area contributed by atoms with Crippen LogP contribution in [0.2, 0.25) is 0 Å². The lowest BCUT2D eigenvalue weighted by Crippen LogP contribution is -2.19. The zero-order valence-corrected chi connectivity index (χ0v) is 13.9. The van der Waals surface area contributed by atoms with Crippen LogP contribution in [-0.4, -0.2) is 24.4 Å². The summed E-state index contributed by atoms with van der Waals surface area (Å²) in [7, 11) is 0. The van der Waals surface area contributed by atoms with Crippen LogP contribution in [0.1, 0.15) is 5.89 Å². The molecule has 0 aliphatic carbocycles. The molecule has 10 heteroatoms. The van der Waals surface area contributed by atoms with Gasteiger partial charge in [-0.25, -0.2) is 0 Å². The summed E-state index contributed by atoms with van der Waals surface area (Å²) in [6, 6.07) is 11.3. The zero-order chi connectivity index (χ0) is 19.0. The van der Waals surface area contributed by atoms with Crippen LogP contribution >= 0.6 is 0 Å². The molecule has 0 radical (unpaired) electrons. The van der Waals surface area contributed by atoms with E-state index in [0.29, 0.717) is 17.3 Å². The van der Waals surface area contributed by atoms with Crippen LogP contribution in [0.25, 0.3) is 17.0 Å². The number of ether oxygens (including phenoxy) is 1. The van der Waals surface area contributed by atoms with Crippen molar-refractivity contribution in [2.24, 2.45) is 0 Å². The highest BCUT2D eigenvalue weighted by Crippen LogP contribution is 2.28. The summed E-state index contributed by atoms with van der Waals surface area (Å²) in [6.45, 7) is 1.68. The number of fused-ring (bicyclic) bond motifs is 1. The summed E-state index contributed by atoms with van der Waals surface area (Å²) in [5, 5.41) is 15.2. The first-order valence-corrected chi connectivity index (χ1v) is 7.77. The maximum absolute atomic E-state index is 12.4. The summed E-state index contributed by atoms with van der Waals surface area (Å²) < 4.78 is 11.5. The third-order valence-corrected chi connectivity index (χ3v) is 3.72. The Morgan fingerprint density at radius 1 is 1.15 bits per heavy atom. The van der Waals surface area contributed by atoms with Gasteiger partial charge in [0.1, 0.15) is 11.4 Å². The van der Waals surface area contributed by atoms with Crippen molar-refractivity contribution in [2.45, 2.75) is 6.92 Å². The molecule has 0 atom stereocenters. The first-order chi connectivity index (χ1) is 13.0. The standard InChI is InChI=1S/C17H11N5O5/c1-10-18-15(20-27-10)11-5-7-12(8-6-11)26-16-14(22(24)25)17(23)21-9-3-2-4-13(21)19-16/h2-9H,1H3. The predicted octanol–water partition coefficient (Wildman–Crippen LogP) is 2.75. The smallest absolute Gasteiger partial charge is 0.396 e. The topological polar surface area (TPSA) is 126 Å². The van der Waals surface area contributed by atoms with Crippen molar-refractivity contribution < 1.29 is 14.2 Å². The van der Waals surface area contributed by atoms with Crippen LogP contribution in [-0.2, 0) is 0 Å². The van der Waals surface area contributed by atoms with Crippen molar-refractivity contribution in [2.75, 3.05) is 0 Å². The lowest BCUT2D eigenvalue weighted by atomic mass is 10.2. The number of nitro groups is 1. The summed E-state index contributed by atoms with van der Waals surface area (Å²) in [6.07, 6.45) is 1.41. The Bertz CT molecular complexity index is 1210. The van der Waals surface area contributed by atoms with E-state index in [2.05, 4.69) is 15.1 Å². The van der Waals surface area contributed by atoms with E-state index in [0.717, 1.165) is 4.40 Å². The van der Waals surface area contributed by atoms with Gasteiger partial charge < -0.3 is 9.26 Å². The number of nitrogens with zero attached hydrogens (tertiary/aromatic N) is 5. The third-order valence-electron chi connectivity index (χ3n) is 3.72. The van der Waals surface area contributed by atoms with Crippen molar-refractivity contribution in [3.8, 4) is 23.0 Å². The fourth-order valence-corrected chi connectivity index (χ4v) is 2.49. The Hall–Kier alpha value is -4.08. The molecule has 10 nitrogen and oxygen atoms in total. The van der Waals surface area contributed by atoms with Gasteiger partial charge in [-0.3, -0.25) is 19.3 Å². The largest absolute Gasteiger partial charge is 0.433 e. The van der Waals surface area contributed by atoms with Crippen molar-refractivity contribution in [1.29, 1.82) is 0 Å². The minimum absolute atomic E-state index is 0.238. The molecule has 0 N–H and O–H groups in total. The van der Waals surface area contributed by atoms with Crippen molar-refractivity contribution in [3.05, 3.63) is 75.0 Å². The number of benzene rings is 1. The molecule has 134 valence electrons. The van der Waals surface area contributed by atoms with Crippen molar-refractivity contribution >= 4 is 11.3 Å². The highest BCUT2D eigenvalue weighted by molar-refractivity contribution is 5.56. The van der Waals surface area contributed by atoms with Crippen LogP contribution in [0.3, 0.4) is 0 Å². The molecule has 0 fully saturated rings. The second kappa shape index (κ2) is 6.33. The van der Waals surface area contributed by atoms with E-state index in [1.807, 2.05) is 0 Å². The van der Waals surface area contributed by atoms with Crippen LogP contribution < -0.4 is 10.3 Å². The van der Waals surface area contributed by atoms with Crippen molar-refractivity contribution in [1.82, 2.24) is 19.5 Å². The lowest BCUT2D eigenvalue weighted by molar-refractivity contribution is -0.387. The van der Waals surface area contributed by atoms with Crippen LogP contribution in [0.15, 0.2) is 58.0 Å². The fraction of sp³-hybridized carbons (Fsp3) is 0.0588. The van der Waals surface area contributed by atoms with Gasteiger partial charge in [0, 0.05) is 18.7 Å². The molecular formula is C17H11N5O5. The average Bonchev–Trinajstić information content (AvgIpc) is 3.08. The first kappa shape index (κ1) is 16.4. The van der Waals surface area contributed by atoms with Crippen LogP contribution in [0, 0.1) is 17.0 Å². The highest BCUT2D eigenvalue weighted by Gasteiger charge is 2.25. The monoisotopic (exact) mass is 365 g/mol. The number of aryl methyl sites for hydroxylation is 1. The molecule has 0 aliphatic heterocycles. The normalized spacial score (nSPS) is 10.9. The quantitative estimate of drug-likeness (QED) is 0.399. The minimum atomic E-state index is -0.820. The van der Waals surface area contributed by atoms with Gasteiger partial charge in [0.2, 0.25) is 11.7 Å². The Balaban J connectivity index is 1.73. The summed E-state index contributed by atoms with van der Waals surface area (Å²) in [4.78, 5) is 31.2. The van der Waals surface area contributed by atoms with E-state index in [-0.39, 0.29) is 17.3 Å². The van der Waals surface area contributed by atoms with Gasteiger partial charge in [-0.1, -0.05) is 11.2 Å². The summed E-state index contributed by atoms with van der Waals surface area (Å²) in [5.41, 5.74) is -0.640. The molecule has 0 spiro atoms. The molecule has 0 unspecified atom stereocenters. The summed E-state index contributed by atoms with van der Waals surface area (Å²) in [5.74, 6) is 0.738. The molecule has 0 saturated carbocycles. The Morgan fingerprint density at radius 2 is 1.93 bits per heavy atom. The molecule has 0 aliphatic rings. The van der Waals surface area contributed by atoms with Gasteiger partial charge in [-0.2, -0.15) is 9.97 Å². The van der Waals surface area contributed by atoms with Crippen LogP contribution in [0.4, 0.5) is 5.69 Å².